The number of carbonyl (C=O) groups excluding carboxylic acids is 1. The third-order valence-corrected chi connectivity index (χ3v) is 4.53. The van der Waals surface area contributed by atoms with Crippen molar-refractivity contribution < 1.29 is 18.9 Å². The van der Waals surface area contributed by atoms with Crippen LogP contribution in [0.1, 0.15) is 31.6 Å². The van der Waals surface area contributed by atoms with Crippen molar-refractivity contribution in [2.24, 2.45) is 0 Å². The minimum absolute atomic E-state index is 0.000949. The van der Waals surface area contributed by atoms with Crippen LogP contribution in [-0.4, -0.2) is 45.7 Å². The summed E-state index contributed by atoms with van der Waals surface area (Å²) in [6.45, 7) is 0.538. The van der Waals surface area contributed by atoms with Crippen LogP contribution in [0.2, 0.25) is 0 Å². The molecule has 1 saturated carbocycles. The van der Waals surface area contributed by atoms with Gasteiger partial charge in [0.25, 0.3) is 5.69 Å². The molecule has 0 radical (unpaired) electrons. The summed E-state index contributed by atoms with van der Waals surface area (Å²) in [5, 5.41) is 18.8. The third kappa shape index (κ3) is 4.23. The maximum atomic E-state index is 11.7. The Labute approximate surface area is 150 Å². The van der Waals surface area contributed by atoms with Crippen LogP contribution in [0.5, 0.6) is 0 Å². The fourth-order valence-corrected chi connectivity index (χ4v) is 3.15. The molecule has 9 nitrogen and oxygen atoms in total. The van der Waals surface area contributed by atoms with Gasteiger partial charge >= 0.3 is 5.97 Å². The topological polar surface area (TPSA) is 112 Å². The van der Waals surface area contributed by atoms with Crippen molar-refractivity contribution in [3.8, 4) is 11.5 Å². The first-order chi connectivity index (χ1) is 12.6. The highest BCUT2D eigenvalue weighted by atomic mass is 16.6. The largest absolute Gasteiger partial charge is 0.468 e. The first-order valence-electron chi connectivity index (χ1n) is 8.45. The minimum atomic E-state index is -0.463. The first kappa shape index (κ1) is 18.0. The van der Waals surface area contributed by atoms with Crippen LogP contribution in [0.3, 0.4) is 0 Å². The molecule has 2 aromatic rings. The molecule has 1 heterocycles. The fraction of sp³-hybridized carbons (Fsp3) is 0.471. The highest BCUT2D eigenvalue weighted by molar-refractivity contribution is 5.71. The number of hydrogen-bond donors (Lipinski definition) is 0. The van der Waals surface area contributed by atoms with E-state index >= 15 is 0 Å². The number of carbonyl (C=O) groups is 1. The zero-order valence-corrected chi connectivity index (χ0v) is 14.5. The fourth-order valence-electron chi connectivity index (χ4n) is 3.15. The minimum Gasteiger partial charge on any atom is -0.468 e. The van der Waals surface area contributed by atoms with Gasteiger partial charge in [-0.25, -0.2) is 0 Å². The van der Waals surface area contributed by atoms with E-state index < -0.39 is 4.92 Å². The molecule has 0 atom stereocenters. The van der Waals surface area contributed by atoms with Gasteiger partial charge < -0.3 is 9.15 Å². The molecule has 0 N–H and O–H groups in total. The summed E-state index contributed by atoms with van der Waals surface area (Å²) in [5.41, 5.74) is 0.605. The summed E-state index contributed by atoms with van der Waals surface area (Å²) in [5.74, 6) is 0.389. The van der Waals surface area contributed by atoms with E-state index in [1.165, 1.54) is 19.2 Å². The van der Waals surface area contributed by atoms with Gasteiger partial charge in [0.2, 0.25) is 11.8 Å². The molecule has 138 valence electrons. The third-order valence-electron chi connectivity index (χ3n) is 4.53. The van der Waals surface area contributed by atoms with Gasteiger partial charge in [-0.1, -0.05) is 12.8 Å². The number of non-ortho nitro benzene ring substituents is 1. The van der Waals surface area contributed by atoms with Crippen molar-refractivity contribution in [1.29, 1.82) is 0 Å². The number of hydrogen-bond acceptors (Lipinski definition) is 8. The van der Waals surface area contributed by atoms with E-state index in [1.807, 2.05) is 4.90 Å². The second-order valence-electron chi connectivity index (χ2n) is 6.22. The molecule has 1 aromatic heterocycles. The summed E-state index contributed by atoms with van der Waals surface area (Å²) in [6, 6.07) is 6.21. The molecule has 1 aromatic carbocycles. The molecule has 0 bridgehead atoms. The standard InChI is InChI=1S/C17H20N4O5/c1-25-16(22)11-20(13-4-2-3-5-13)10-15-18-19-17(26-15)12-6-8-14(9-7-12)21(23)24/h6-9,13H,2-5,10-11H2,1H3. The molecule has 0 saturated heterocycles. The lowest BCUT2D eigenvalue weighted by Gasteiger charge is -2.25. The number of rotatable bonds is 7. The number of esters is 1. The van der Waals surface area contributed by atoms with Crippen LogP contribution < -0.4 is 0 Å². The van der Waals surface area contributed by atoms with Gasteiger partial charge in [0.15, 0.2) is 0 Å². The molecule has 0 aliphatic heterocycles. The monoisotopic (exact) mass is 360 g/mol. The Morgan fingerprint density at radius 3 is 2.62 bits per heavy atom. The maximum Gasteiger partial charge on any atom is 0.319 e. The lowest BCUT2D eigenvalue weighted by Crippen LogP contribution is -2.37. The number of aromatic nitrogens is 2. The lowest BCUT2D eigenvalue weighted by atomic mass is 10.2. The molecule has 1 fully saturated rings. The Balaban J connectivity index is 1.72. The zero-order chi connectivity index (χ0) is 18.5. The van der Waals surface area contributed by atoms with E-state index in [2.05, 4.69) is 10.2 Å². The van der Waals surface area contributed by atoms with Crippen molar-refractivity contribution >= 4 is 11.7 Å². The Morgan fingerprint density at radius 1 is 1.31 bits per heavy atom. The number of nitro benzene ring substituents is 1. The van der Waals surface area contributed by atoms with Crippen molar-refractivity contribution in [2.45, 2.75) is 38.3 Å². The van der Waals surface area contributed by atoms with Gasteiger partial charge in [-0.15, -0.1) is 10.2 Å². The molecule has 3 rings (SSSR count). The number of methoxy groups -OCH3 is 1. The van der Waals surface area contributed by atoms with E-state index in [9.17, 15) is 14.9 Å². The van der Waals surface area contributed by atoms with Gasteiger partial charge in [-0.2, -0.15) is 0 Å². The summed E-state index contributed by atoms with van der Waals surface area (Å²) in [7, 11) is 1.37. The summed E-state index contributed by atoms with van der Waals surface area (Å²) >= 11 is 0. The number of benzene rings is 1. The van der Waals surface area contributed by atoms with Gasteiger partial charge in [0, 0.05) is 23.7 Å². The average Bonchev–Trinajstić information content (AvgIpc) is 3.33. The molecule has 0 spiro atoms. The predicted molar refractivity (Wildman–Crippen MR) is 91.1 cm³/mol. The number of nitro groups is 1. The Hall–Kier alpha value is -2.81. The molecular weight excluding hydrogens is 340 g/mol. The Bertz CT molecular complexity index is 768. The summed E-state index contributed by atoms with van der Waals surface area (Å²) in [4.78, 5) is 24.0. The zero-order valence-electron chi connectivity index (χ0n) is 14.5. The van der Waals surface area contributed by atoms with E-state index in [-0.39, 0.29) is 18.2 Å². The first-order valence-corrected chi connectivity index (χ1v) is 8.45. The van der Waals surface area contributed by atoms with Gasteiger partial charge in [0.1, 0.15) is 0 Å². The molecule has 26 heavy (non-hydrogen) atoms. The molecule has 1 aliphatic rings. The molecule has 9 heteroatoms. The van der Waals surface area contributed by atoms with Crippen molar-refractivity contribution in [3.05, 3.63) is 40.3 Å². The van der Waals surface area contributed by atoms with Crippen LogP contribution in [-0.2, 0) is 16.1 Å². The van der Waals surface area contributed by atoms with Crippen molar-refractivity contribution in [2.75, 3.05) is 13.7 Å². The van der Waals surface area contributed by atoms with Crippen molar-refractivity contribution in [1.82, 2.24) is 15.1 Å². The SMILES string of the molecule is COC(=O)CN(Cc1nnc(-c2ccc([N+](=O)[O-])cc2)o1)C1CCCC1. The maximum absolute atomic E-state index is 11.7. The second-order valence-corrected chi connectivity index (χ2v) is 6.22. The van der Waals surface area contributed by atoms with Gasteiger partial charge in [-0.3, -0.25) is 19.8 Å². The molecule has 1 aliphatic carbocycles. The van der Waals surface area contributed by atoms with E-state index in [4.69, 9.17) is 9.15 Å². The quantitative estimate of drug-likeness (QED) is 0.421. The van der Waals surface area contributed by atoms with Crippen LogP contribution >= 0.6 is 0 Å². The van der Waals surface area contributed by atoms with E-state index in [0.29, 0.717) is 29.9 Å². The highest BCUT2D eigenvalue weighted by Crippen LogP contribution is 2.26. The number of ether oxygens (including phenoxy) is 1. The van der Waals surface area contributed by atoms with Crippen molar-refractivity contribution in [3.63, 3.8) is 0 Å². The van der Waals surface area contributed by atoms with Crippen LogP contribution in [0.4, 0.5) is 5.69 Å². The van der Waals surface area contributed by atoms with Gasteiger partial charge in [-0.05, 0) is 25.0 Å². The smallest absolute Gasteiger partial charge is 0.319 e. The van der Waals surface area contributed by atoms with Crippen LogP contribution in [0.25, 0.3) is 11.5 Å². The normalized spacial score (nSPS) is 14.7. The van der Waals surface area contributed by atoms with Crippen LogP contribution in [0.15, 0.2) is 28.7 Å². The molecule has 0 amide bonds. The summed E-state index contributed by atoms with van der Waals surface area (Å²) in [6.07, 6.45) is 4.33. The van der Waals surface area contributed by atoms with Crippen LogP contribution in [0, 0.1) is 10.1 Å². The molecule has 0 unspecified atom stereocenters. The van der Waals surface area contributed by atoms with E-state index in [1.54, 1.807) is 12.1 Å². The Morgan fingerprint density at radius 2 is 2.00 bits per heavy atom. The lowest BCUT2D eigenvalue weighted by molar-refractivity contribution is -0.384. The predicted octanol–water partition coefficient (Wildman–Crippen LogP) is 2.56. The Kier molecular flexibility index (Phi) is 5.57. The average molecular weight is 360 g/mol. The molecular formula is C17H20N4O5. The summed E-state index contributed by atoms with van der Waals surface area (Å²) < 4.78 is 10.5. The van der Waals surface area contributed by atoms with Gasteiger partial charge in [0.05, 0.1) is 25.1 Å². The van der Waals surface area contributed by atoms with E-state index in [0.717, 1.165) is 25.7 Å². The number of nitrogens with zero attached hydrogens (tertiary/aromatic N) is 4. The second kappa shape index (κ2) is 8.05. The highest BCUT2D eigenvalue weighted by Gasteiger charge is 2.26.